The van der Waals surface area contributed by atoms with Crippen molar-refractivity contribution in [3.63, 3.8) is 0 Å². The molecule has 0 spiro atoms. The van der Waals surface area contributed by atoms with Crippen LogP contribution < -0.4 is 10.1 Å². The van der Waals surface area contributed by atoms with Gasteiger partial charge in [0.05, 0.1) is 18.0 Å². The lowest BCUT2D eigenvalue weighted by atomic mass is 10.0. The zero-order valence-electron chi connectivity index (χ0n) is 15.2. The third-order valence-corrected chi connectivity index (χ3v) is 5.42. The number of amides is 3. The van der Waals surface area contributed by atoms with Crippen LogP contribution in [-0.2, 0) is 16.1 Å². The van der Waals surface area contributed by atoms with Gasteiger partial charge < -0.3 is 9.64 Å². The van der Waals surface area contributed by atoms with Crippen molar-refractivity contribution in [2.24, 2.45) is 0 Å². The third kappa shape index (κ3) is 2.93. The number of carbonyl (C=O) groups excluding carboxylic acids is 3. The predicted molar refractivity (Wildman–Crippen MR) is 99.4 cm³/mol. The molecular formula is C21H19N3O4. The highest BCUT2D eigenvalue weighted by atomic mass is 16.5. The van der Waals surface area contributed by atoms with Crippen LogP contribution >= 0.6 is 0 Å². The minimum absolute atomic E-state index is 0.181. The molecule has 2 fully saturated rings. The molecule has 1 unspecified atom stereocenters. The van der Waals surface area contributed by atoms with Gasteiger partial charge in [-0.05, 0) is 43.0 Å². The van der Waals surface area contributed by atoms with Crippen molar-refractivity contribution in [1.82, 2.24) is 15.2 Å². The molecule has 2 aliphatic heterocycles. The zero-order chi connectivity index (χ0) is 19.3. The van der Waals surface area contributed by atoms with E-state index in [1.807, 2.05) is 24.3 Å². The number of piperidine rings is 1. The molecule has 1 atom stereocenters. The fourth-order valence-electron chi connectivity index (χ4n) is 3.81. The molecule has 1 N–H and O–H groups in total. The quantitative estimate of drug-likeness (QED) is 0.824. The second kappa shape index (κ2) is 6.44. The van der Waals surface area contributed by atoms with Crippen molar-refractivity contribution in [2.75, 3.05) is 0 Å². The van der Waals surface area contributed by atoms with Crippen molar-refractivity contribution >= 4 is 17.7 Å². The molecular weight excluding hydrogens is 358 g/mol. The van der Waals surface area contributed by atoms with Crippen molar-refractivity contribution in [3.05, 3.63) is 47.7 Å². The predicted octanol–water partition coefficient (Wildman–Crippen LogP) is 2.05. The number of aromatic nitrogens is 1. The van der Waals surface area contributed by atoms with Crippen LogP contribution in [0.5, 0.6) is 5.75 Å². The normalized spacial score (nSPS) is 21.5. The van der Waals surface area contributed by atoms with E-state index in [0.29, 0.717) is 24.6 Å². The van der Waals surface area contributed by atoms with Crippen molar-refractivity contribution in [3.8, 4) is 17.0 Å². The summed E-state index contributed by atoms with van der Waals surface area (Å²) in [6, 6.07) is 8.71. The first kappa shape index (κ1) is 16.9. The van der Waals surface area contributed by atoms with E-state index < -0.39 is 11.9 Å². The molecule has 1 aromatic carbocycles. The standard InChI is InChI=1S/C21H19N3O4/c25-19-9-8-18(20(26)23-19)24-11-16-14(2-1-3-15(16)21(24)27)17-7-6-13(10-22-17)28-12-4-5-12/h1-3,6-7,10,12,18H,4-5,8-9,11H2,(H,23,25,26). The van der Waals surface area contributed by atoms with E-state index in [1.165, 1.54) is 0 Å². The maximum atomic E-state index is 12.9. The minimum atomic E-state index is -0.618. The summed E-state index contributed by atoms with van der Waals surface area (Å²) in [6.07, 6.45) is 4.80. The summed E-state index contributed by atoms with van der Waals surface area (Å²) in [5.74, 6) is -0.123. The second-order valence-electron chi connectivity index (χ2n) is 7.43. The molecule has 0 radical (unpaired) electrons. The first-order valence-corrected chi connectivity index (χ1v) is 9.50. The highest BCUT2D eigenvalue weighted by Crippen LogP contribution is 2.35. The van der Waals surface area contributed by atoms with Gasteiger partial charge >= 0.3 is 0 Å². The van der Waals surface area contributed by atoms with E-state index in [9.17, 15) is 14.4 Å². The highest BCUT2D eigenvalue weighted by molar-refractivity contribution is 6.06. The van der Waals surface area contributed by atoms with Crippen LogP contribution in [0.1, 0.15) is 41.6 Å². The van der Waals surface area contributed by atoms with E-state index in [4.69, 9.17) is 4.74 Å². The van der Waals surface area contributed by atoms with Gasteiger partial charge in [0.15, 0.2) is 0 Å². The van der Waals surface area contributed by atoms with E-state index in [-0.39, 0.29) is 18.2 Å². The summed E-state index contributed by atoms with van der Waals surface area (Å²) in [7, 11) is 0. The number of hydrogen-bond acceptors (Lipinski definition) is 5. The van der Waals surface area contributed by atoms with Gasteiger partial charge in [0.2, 0.25) is 11.8 Å². The Morgan fingerprint density at radius 2 is 1.86 bits per heavy atom. The lowest BCUT2D eigenvalue weighted by molar-refractivity contribution is -0.136. The number of benzene rings is 1. The Kier molecular flexibility index (Phi) is 3.89. The topological polar surface area (TPSA) is 88.6 Å². The maximum Gasteiger partial charge on any atom is 0.255 e. The Balaban J connectivity index is 1.43. The fraction of sp³-hybridized carbons (Fsp3) is 0.333. The molecule has 5 rings (SSSR count). The van der Waals surface area contributed by atoms with Crippen LogP contribution in [0.4, 0.5) is 0 Å². The smallest absolute Gasteiger partial charge is 0.255 e. The van der Waals surface area contributed by atoms with Crippen LogP contribution in [-0.4, -0.2) is 39.8 Å². The van der Waals surface area contributed by atoms with Gasteiger partial charge in [-0.25, -0.2) is 0 Å². The number of nitrogens with zero attached hydrogens (tertiary/aromatic N) is 2. The number of fused-ring (bicyclic) bond motifs is 1. The Labute approximate surface area is 161 Å². The number of rotatable bonds is 4. The van der Waals surface area contributed by atoms with E-state index in [0.717, 1.165) is 35.4 Å². The van der Waals surface area contributed by atoms with E-state index >= 15 is 0 Å². The molecule has 3 amide bonds. The first-order chi connectivity index (χ1) is 13.6. The fourth-order valence-corrected chi connectivity index (χ4v) is 3.81. The first-order valence-electron chi connectivity index (χ1n) is 9.50. The number of carbonyl (C=O) groups is 3. The summed E-state index contributed by atoms with van der Waals surface area (Å²) in [6.45, 7) is 0.332. The molecule has 7 heteroatoms. The summed E-state index contributed by atoms with van der Waals surface area (Å²) in [5, 5.41) is 2.33. The van der Waals surface area contributed by atoms with Crippen molar-refractivity contribution in [2.45, 2.75) is 44.4 Å². The number of pyridine rings is 1. The summed E-state index contributed by atoms with van der Waals surface area (Å²) < 4.78 is 5.75. The Bertz CT molecular complexity index is 982. The summed E-state index contributed by atoms with van der Waals surface area (Å²) >= 11 is 0. The summed E-state index contributed by atoms with van der Waals surface area (Å²) in [5.41, 5.74) is 3.08. The SMILES string of the molecule is O=C1CCC(N2Cc3c(cccc3-c3ccc(OC4CC4)cn3)C2=O)C(=O)N1. The van der Waals surface area contributed by atoms with Crippen molar-refractivity contribution in [1.29, 1.82) is 0 Å². The van der Waals surface area contributed by atoms with Crippen LogP contribution in [0.2, 0.25) is 0 Å². The van der Waals surface area contributed by atoms with Gasteiger partial charge in [-0.1, -0.05) is 12.1 Å². The van der Waals surface area contributed by atoms with Crippen LogP contribution in [0, 0.1) is 0 Å². The van der Waals surface area contributed by atoms with E-state index in [1.54, 1.807) is 17.2 Å². The van der Waals surface area contributed by atoms with Crippen molar-refractivity contribution < 1.29 is 19.1 Å². The van der Waals surface area contributed by atoms with Gasteiger partial charge in [-0.2, -0.15) is 0 Å². The molecule has 1 aromatic heterocycles. The average molecular weight is 377 g/mol. The van der Waals surface area contributed by atoms with Gasteiger partial charge in [0.25, 0.3) is 5.91 Å². The molecule has 1 aliphatic carbocycles. The third-order valence-electron chi connectivity index (χ3n) is 5.42. The lowest BCUT2D eigenvalue weighted by Gasteiger charge is -2.29. The van der Waals surface area contributed by atoms with Crippen LogP contribution in [0.3, 0.4) is 0 Å². The molecule has 1 saturated heterocycles. The van der Waals surface area contributed by atoms with Gasteiger partial charge in [0, 0.05) is 24.1 Å². The Hall–Kier alpha value is -3.22. The van der Waals surface area contributed by atoms with Crippen LogP contribution in [0.25, 0.3) is 11.3 Å². The van der Waals surface area contributed by atoms with Gasteiger partial charge in [-0.3, -0.25) is 24.7 Å². The largest absolute Gasteiger partial charge is 0.489 e. The van der Waals surface area contributed by atoms with Gasteiger partial charge in [0.1, 0.15) is 11.8 Å². The van der Waals surface area contributed by atoms with Crippen LogP contribution in [0.15, 0.2) is 36.5 Å². The molecule has 0 bridgehead atoms. The monoisotopic (exact) mass is 377 g/mol. The molecule has 1 saturated carbocycles. The molecule has 28 heavy (non-hydrogen) atoms. The molecule has 142 valence electrons. The zero-order valence-corrected chi connectivity index (χ0v) is 15.2. The van der Waals surface area contributed by atoms with E-state index in [2.05, 4.69) is 10.3 Å². The highest BCUT2D eigenvalue weighted by Gasteiger charge is 2.39. The summed E-state index contributed by atoms with van der Waals surface area (Å²) in [4.78, 5) is 42.6. The lowest BCUT2D eigenvalue weighted by Crippen LogP contribution is -2.52. The second-order valence-corrected chi connectivity index (χ2v) is 7.43. The number of nitrogens with one attached hydrogen (secondary N) is 1. The average Bonchev–Trinajstić information content (AvgIpc) is 3.44. The number of hydrogen-bond donors (Lipinski definition) is 1. The maximum absolute atomic E-state index is 12.9. The Morgan fingerprint density at radius 3 is 2.57 bits per heavy atom. The van der Waals surface area contributed by atoms with Gasteiger partial charge in [-0.15, -0.1) is 0 Å². The molecule has 7 nitrogen and oxygen atoms in total. The Morgan fingerprint density at radius 1 is 1.04 bits per heavy atom. The molecule has 3 heterocycles. The molecule has 2 aromatic rings. The number of ether oxygens (including phenoxy) is 1. The number of imide groups is 1. The minimum Gasteiger partial charge on any atom is -0.489 e. The molecule has 3 aliphatic rings.